The van der Waals surface area contributed by atoms with Crippen LogP contribution < -0.4 is 0 Å². The lowest BCUT2D eigenvalue weighted by Gasteiger charge is -2.45. The average molecular weight is 228 g/mol. The van der Waals surface area contributed by atoms with Crippen molar-refractivity contribution in [1.82, 2.24) is 4.90 Å². The van der Waals surface area contributed by atoms with Crippen molar-refractivity contribution in [1.29, 1.82) is 0 Å². The fraction of sp³-hybridized carbons (Fsp3) is 0.889. The van der Waals surface area contributed by atoms with Gasteiger partial charge in [0.1, 0.15) is 6.10 Å². The molecule has 0 aromatic rings. The van der Waals surface area contributed by atoms with Crippen LogP contribution in [-0.4, -0.2) is 58.2 Å². The molecule has 0 aromatic heterocycles. The van der Waals surface area contributed by atoms with E-state index in [2.05, 4.69) is 9.89 Å². The quantitative estimate of drug-likeness (QED) is 0.612. The van der Waals surface area contributed by atoms with Crippen LogP contribution >= 0.6 is 11.8 Å². The van der Waals surface area contributed by atoms with Gasteiger partial charge in [0.15, 0.2) is 5.17 Å². The summed E-state index contributed by atoms with van der Waals surface area (Å²) in [6, 6.07) is 0.247. The van der Waals surface area contributed by atoms with Crippen molar-refractivity contribution in [2.75, 3.05) is 18.9 Å². The Bertz CT molecular complexity index is 350. The molecule has 0 saturated carbocycles. The molecular formula is C9H12N2O3S. The van der Waals surface area contributed by atoms with E-state index in [1.165, 1.54) is 0 Å². The number of hydrogen-bond acceptors (Lipinski definition) is 6. The summed E-state index contributed by atoms with van der Waals surface area (Å²) in [5, 5.41) is 11.3. The molecule has 4 rings (SSSR count). The van der Waals surface area contributed by atoms with Gasteiger partial charge in [0.2, 0.25) is 12.0 Å². The zero-order valence-electron chi connectivity index (χ0n) is 8.13. The zero-order valence-corrected chi connectivity index (χ0v) is 8.94. The number of amidine groups is 1. The van der Waals surface area contributed by atoms with E-state index in [1.807, 2.05) is 0 Å². The van der Waals surface area contributed by atoms with Crippen molar-refractivity contribution in [3.8, 4) is 0 Å². The third-order valence-electron chi connectivity index (χ3n) is 3.53. The summed E-state index contributed by atoms with van der Waals surface area (Å²) in [5.74, 6) is 1.06. The number of aliphatic imine (C=N–C) groups is 1. The highest BCUT2D eigenvalue weighted by atomic mass is 32.2. The van der Waals surface area contributed by atoms with Gasteiger partial charge < -0.3 is 19.5 Å². The SMILES string of the molecule is O[C@@]12C[C@H]([C@@H]3CO[C@H]1O3)N1CCSC1=N2. The molecule has 3 fully saturated rings. The molecular weight excluding hydrogens is 216 g/mol. The minimum atomic E-state index is -1.14. The van der Waals surface area contributed by atoms with Gasteiger partial charge in [0.05, 0.1) is 12.6 Å². The Hall–Kier alpha value is -0.300. The molecule has 3 saturated heterocycles. The van der Waals surface area contributed by atoms with Crippen LogP contribution in [0.1, 0.15) is 6.42 Å². The van der Waals surface area contributed by atoms with Crippen LogP contribution in [0, 0.1) is 0 Å². The molecule has 4 heterocycles. The van der Waals surface area contributed by atoms with E-state index in [0.29, 0.717) is 13.0 Å². The van der Waals surface area contributed by atoms with E-state index in [-0.39, 0.29) is 12.1 Å². The Labute approximate surface area is 91.4 Å². The third-order valence-corrected chi connectivity index (χ3v) is 4.50. The maximum Gasteiger partial charge on any atom is 0.212 e. The van der Waals surface area contributed by atoms with E-state index in [1.54, 1.807) is 11.8 Å². The van der Waals surface area contributed by atoms with Crippen LogP contribution in [0.5, 0.6) is 0 Å². The number of fused-ring (bicyclic) bond motifs is 8. The second-order valence-corrected chi connectivity index (χ2v) is 5.49. The molecule has 4 aliphatic heterocycles. The highest BCUT2D eigenvalue weighted by Gasteiger charge is 2.58. The molecule has 4 aliphatic rings. The van der Waals surface area contributed by atoms with Gasteiger partial charge in [-0.1, -0.05) is 11.8 Å². The lowest BCUT2D eigenvalue weighted by atomic mass is 9.94. The van der Waals surface area contributed by atoms with Crippen molar-refractivity contribution >= 4 is 16.9 Å². The van der Waals surface area contributed by atoms with Gasteiger partial charge in [-0.25, -0.2) is 4.99 Å². The molecule has 82 valence electrons. The Morgan fingerprint density at radius 3 is 3.47 bits per heavy atom. The Balaban J connectivity index is 1.84. The van der Waals surface area contributed by atoms with Crippen LogP contribution in [0.25, 0.3) is 0 Å². The van der Waals surface area contributed by atoms with Crippen LogP contribution in [0.2, 0.25) is 0 Å². The second-order valence-electron chi connectivity index (χ2n) is 4.43. The molecule has 4 atom stereocenters. The van der Waals surface area contributed by atoms with E-state index < -0.39 is 12.0 Å². The Morgan fingerprint density at radius 1 is 1.60 bits per heavy atom. The lowest BCUT2D eigenvalue weighted by Crippen LogP contribution is -2.60. The van der Waals surface area contributed by atoms with E-state index >= 15 is 0 Å². The number of thioether (sulfide) groups is 1. The predicted octanol–water partition coefficient (Wildman–Crippen LogP) is -0.393. The maximum absolute atomic E-state index is 10.4. The summed E-state index contributed by atoms with van der Waals surface area (Å²) in [4.78, 5) is 6.64. The Kier molecular flexibility index (Phi) is 1.58. The third kappa shape index (κ3) is 1.03. The highest BCUT2D eigenvalue weighted by Crippen LogP contribution is 2.44. The molecule has 0 spiro atoms. The number of nitrogens with zero attached hydrogens (tertiary/aromatic N) is 2. The average Bonchev–Trinajstić information content (AvgIpc) is 2.80. The first-order valence-corrected chi connectivity index (χ1v) is 6.24. The topological polar surface area (TPSA) is 54.3 Å². The first-order chi connectivity index (χ1) is 7.26. The van der Waals surface area contributed by atoms with Crippen LogP contribution in [0.4, 0.5) is 0 Å². The monoisotopic (exact) mass is 228 g/mol. The minimum absolute atomic E-state index is 0.111. The second kappa shape index (κ2) is 2.68. The van der Waals surface area contributed by atoms with Crippen molar-refractivity contribution in [2.24, 2.45) is 4.99 Å². The Morgan fingerprint density at radius 2 is 2.53 bits per heavy atom. The van der Waals surface area contributed by atoms with Crippen molar-refractivity contribution in [2.45, 2.75) is 30.6 Å². The normalized spacial score (nSPS) is 51.7. The fourth-order valence-corrected chi connectivity index (χ4v) is 3.88. The molecule has 0 aromatic carbocycles. The van der Waals surface area contributed by atoms with E-state index in [4.69, 9.17) is 9.47 Å². The summed E-state index contributed by atoms with van der Waals surface area (Å²) in [6.07, 6.45) is 0.209. The number of rotatable bonds is 0. The predicted molar refractivity (Wildman–Crippen MR) is 54.6 cm³/mol. The van der Waals surface area contributed by atoms with Gasteiger partial charge in [-0.15, -0.1) is 0 Å². The molecule has 5 nitrogen and oxygen atoms in total. The maximum atomic E-state index is 10.4. The van der Waals surface area contributed by atoms with Gasteiger partial charge in [-0.3, -0.25) is 0 Å². The van der Waals surface area contributed by atoms with Gasteiger partial charge in [-0.05, 0) is 0 Å². The molecule has 0 radical (unpaired) electrons. The summed E-state index contributed by atoms with van der Waals surface area (Å²) in [6.45, 7) is 1.59. The van der Waals surface area contributed by atoms with Crippen molar-refractivity contribution in [3.63, 3.8) is 0 Å². The molecule has 6 heteroatoms. The lowest BCUT2D eigenvalue weighted by molar-refractivity contribution is -0.224. The first-order valence-electron chi connectivity index (χ1n) is 5.25. The fourth-order valence-electron chi connectivity index (χ4n) is 2.79. The molecule has 1 N–H and O–H groups in total. The molecule has 15 heavy (non-hydrogen) atoms. The van der Waals surface area contributed by atoms with Gasteiger partial charge in [0, 0.05) is 18.7 Å². The van der Waals surface area contributed by atoms with Crippen LogP contribution in [-0.2, 0) is 9.47 Å². The minimum Gasteiger partial charge on any atom is -0.365 e. The smallest absolute Gasteiger partial charge is 0.212 e. The van der Waals surface area contributed by atoms with Gasteiger partial charge in [-0.2, -0.15) is 0 Å². The molecule has 0 amide bonds. The molecule has 0 aliphatic carbocycles. The van der Waals surface area contributed by atoms with Crippen molar-refractivity contribution < 1.29 is 14.6 Å². The highest BCUT2D eigenvalue weighted by molar-refractivity contribution is 8.14. The summed E-state index contributed by atoms with van der Waals surface area (Å²) in [5.41, 5.74) is -1.14. The van der Waals surface area contributed by atoms with Crippen LogP contribution in [0.15, 0.2) is 4.99 Å². The van der Waals surface area contributed by atoms with E-state index in [0.717, 1.165) is 17.5 Å². The number of ether oxygens (including phenoxy) is 2. The molecule has 0 unspecified atom stereocenters. The van der Waals surface area contributed by atoms with E-state index in [9.17, 15) is 5.11 Å². The number of hydrogen-bond donors (Lipinski definition) is 1. The molecule has 4 bridgehead atoms. The largest absolute Gasteiger partial charge is 0.365 e. The standard InChI is InChI=1S/C9H12N2O3S/c12-9-3-5(6-4-13-7(9)14-6)11-1-2-15-8(11)10-9/h5-7,12H,1-4H2/t5-,6+,7+,9+/m1/s1. The van der Waals surface area contributed by atoms with Gasteiger partial charge in [0.25, 0.3) is 0 Å². The number of aliphatic hydroxyl groups is 1. The summed E-state index contributed by atoms with van der Waals surface area (Å²) >= 11 is 1.72. The van der Waals surface area contributed by atoms with Gasteiger partial charge >= 0.3 is 0 Å². The summed E-state index contributed by atoms with van der Waals surface area (Å²) in [7, 11) is 0. The summed E-state index contributed by atoms with van der Waals surface area (Å²) < 4.78 is 11.1. The first kappa shape index (κ1) is 8.81. The van der Waals surface area contributed by atoms with Crippen molar-refractivity contribution in [3.05, 3.63) is 0 Å². The van der Waals surface area contributed by atoms with Crippen LogP contribution in [0.3, 0.4) is 0 Å². The zero-order chi connectivity index (χ0) is 10.0.